The summed E-state index contributed by atoms with van der Waals surface area (Å²) in [6, 6.07) is 8.66. The second-order valence-corrected chi connectivity index (χ2v) is 6.52. The Morgan fingerprint density at radius 3 is 2.68 bits per heavy atom. The predicted molar refractivity (Wildman–Crippen MR) is 97.0 cm³/mol. The second kappa shape index (κ2) is 6.20. The van der Waals surface area contributed by atoms with Crippen molar-refractivity contribution >= 4 is 10.9 Å². The van der Waals surface area contributed by atoms with Gasteiger partial charge in [0.1, 0.15) is 11.3 Å². The molecule has 3 nitrogen and oxygen atoms in total. The minimum atomic E-state index is -0.212. The monoisotopic (exact) mass is 334 g/mol. The van der Waals surface area contributed by atoms with E-state index in [1.807, 2.05) is 29.8 Å². The van der Waals surface area contributed by atoms with E-state index < -0.39 is 0 Å². The first-order valence-electron chi connectivity index (χ1n) is 8.36. The van der Waals surface area contributed by atoms with Gasteiger partial charge in [0.05, 0.1) is 0 Å². The maximum atomic E-state index is 13.2. The quantitative estimate of drug-likeness (QED) is 0.766. The number of halogens is 1. The van der Waals surface area contributed by atoms with E-state index in [1.54, 1.807) is 6.20 Å². The highest BCUT2D eigenvalue weighted by Gasteiger charge is 2.25. The SMILES string of the molecule is Cn1cc(C2C=CC=CC2Cc2ccc(F)cc2)c2ccnc(O)c21. The number of pyridine rings is 1. The number of benzene rings is 1. The molecule has 0 radical (unpaired) electrons. The van der Waals surface area contributed by atoms with Gasteiger partial charge in [0.25, 0.3) is 0 Å². The molecule has 0 saturated carbocycles. The van der Waals surface area contributed by atoms with Crippen LogP contribution >= 0.6 is 0 Å². The first kappa shape index (κ1) is 15.6. The topological polar surface area (TPSA) is 38.0 Å². The minimum absolute atomic E-state index is 0.0525. The third-order valence-electron chi connectivity index (χ3n) is 4.89. The molecule has 4 heteroatoms. The van der Waals surface area contributed by atoms with Gasteiger partial charge in [-0.2, -0.15) is 0 Å². The fraction of sp³-hybridized carbons (Fsp3) is 0.190. The summed E-state index contributed by atoms with van der Waals surface area (Å²) in [4.78, 5) is 3.99. The molecule has 4 rings (SSSR count). The fourth-order valence-electron chi connectivity index (χ4n) is 3.71. The highest BCUT2D eigenvalue weighted by Crippen LogP contribution is 2.38. The third-order valence-corrected chi connectivity index (χ3v) is 4.89. The molecule has 126 valence electrons. The number of hydrogen-bond acceptors (Lipinski definition) is 2. The van der Waals surface area contributed by atoms with Gasteiger partial charge in [-0.15, -0.1) is 0 Å². The number of aryl methyl sites for hydroxylation is 1. The van der Waals surface area contributed by atoms with E-state index in [2.05, 4.69) is 35.5 Å². The molecule has 1 aromatic carbocycles. The van der Waals surface area contributed by atoms with E-state index in [0.717, 1.165) is 22.9 Å². The van der Waals surface area contributed by atoms with Gasteiger partial charge in [-0.1, -0.05) is 36.4 Å². The third kappa shape index (κ3) is 2.84. The molecule has 0 bridgehead atoms. The molecule has 0 amide bonds. The van der Waals surface area contributed by atoms with Gasteiger partial charge in [0.15, 0.2) is 0 Å². The van der Waals surface area contributed by atoms with Gasteiger partial charge < -0.3 is 9.67 Å². The van der Waals surface area contributed by atoms with Crippen molar-refractivity contribution in [1.82, 2.24) is 9.55 Å². The molecule has 2 unspecified atom stereocenters. The zero-order chi connectivity index (χ0) is 17.4. The molecule has 1 aliphatic carbocycles. The van der Waals surface area contributed by atoms with Crippen molar-refractivity contribution in [2.75, 3.05) is 0 Å². The highest BCUT2D eigenvalue weighted by atomic mass is 19.1. The van der Waals surface area contributed by atoms with Crippen LogP contribution in [0.15, 0.2) is 67.0 Å². The Kier molecular flexibility index (Phi) is 3.88. The average molecular weight is 334 g/mol. The Bertz CT molecular complexity index is 969. The average Bonchev–Trinajstić information content (AvgIpc) is 2.95. The molecule has 1 aliphatic rings. The lowest BCUT2D eigenvalue weighted by Crippen LogP contribution is -2.13. The highest BCUT2D eigenvalue weighted by molar-refractivity contribution is 5.88. The van der Waals surface area contributed by atoms with Gasteiger partial charge in [0.2, 0.25) is 5.88 Å². The molecular weight excluding hydrogens is 315 g/mol. The van der Waals surface area contributed by atoms with Gasteiger partial charge in [-0.3, -0.25) is 0 Å². The Labute approximate surface area is 145 Å². The summed E-state index contributed by atoms with van der Waals surface area (Å²) in [7, 11) is 1.92. The molecule has 2 aromatic heterocycles. The molecule has 0 aliphatic heterocycles. The number of fused-ring (bicyclic) bond motifs is 1. The standard InChI is InChI=1S/C21H19FN2O/c1-24-13-19(18-10-11-23-21(25)20(18)24)17-5-3-2-4-15(17)12-14-6-8-16(22)9-7-14/h2-11,13,15,17H,12H2,1H3,(H,23,25). The molecule has 0 spiro atoms. The maximum Gasteiger partial charge on any atom is 0.236 e. The zero-order valence-electron chi connectivity index (χ0n) is 13.9. The summed E-state index contributed by atoms with van der Waals surface area (Å²) in [5.41, 5.74) is 3.03. The number of rotatable bonds is 3. The number of hydrogen-bond donors (Lipinski definition) is 1. The van der Waals surface area contributed by atoms with E-state index in [-0.39, 0.29) is 23.5 Å². The van der Waals surface area contributed by atoms with Crippen LogP contribution in [0.4, 0.5) is 4.39 Å². The first-order chi connectivity index (χ1) is 12.1. The smallest absolute Gasteiger partial charge is 0.236 e. The largest absolute Gasteiger partial charge is 0.492 e. The van der Waals surface area contributed by atoms with E-state index in [1.165, 1.54) is 17.7 Å². The molecule has 1 N–H and O–H groups in total. The zero-order valence-corrected chi connectivity index (χ0v) is 13.9. The van der Waals surface area contributed by atoms with Crippen LogP contribution in [-0.2, 0) is 13.5 Å². The van der Waals surface area contributed by atoms with Crippen LogP contribution in [0.25, 0.3) is 10.9 Å². The van der Waals surface area contributed by atoms with Crippen molar-refractivity contribution in [3.05, 3.63) is 84.0 Å². The van der Waals surface area contributed by atoms with E-state index in [0.29, 0.717) is 0 Å². The van der Waals surface area contributed by atoms with Crippen LogP contribution in [0.2, 0.25) is 0 Å². The van der Waals surface area contributed by atoms with Gasteiger partial charge in [-0.25, -0.2) is 9.37 Å². The fourth-order valence-corrected chi connectivity index (χ4v) is 3.71. The lowest BCUT2D eigenvalue weighted by atomic mass is 9.79. The summed E-state index contributed by atoms with van der Waals surface area (Å²) in [6.45, 7) is 0. The molecular formula is C21H19FN2O. The van der Waals surface area contributed by atoms with Crippen LogP contribution < -0.4 is 0 Å². The number of aromatic hydroxyl groups is 1. The van der Waals surface area contributed by atoms with Crippen molar-refractivity contribution in [3.8, 4) is 5.88 Å². The van der Waals surface area contributed by atoms with E-state index >= 15 is 0 Å². The van der Waals surface area contributed by atoms with Crippen LogP contribution in [0.5, 0.6) is 5.88 Å². The molecule has 2 heterocycles. The first-order valence-corrected chi connectivity index (χ1v) is 8.36. The van der Waals surface area contributed by atoms with Crippen molar-refractivity contribution in [2.45, 2.75) is 12.3 Å². The minimum Gasteiger partial charge on any atom is -0.492 e. The molecule has 3 aromatic rings. The molecule has 0 saturated heterocycles. The van der Waals surface area contributed by atoms with E-state index in [4.69, 9.17) is 0 Å². The van der Waals surface area contributed by atoms with Crippen molar-refractivity contribution < 1.29 is 9.50 Å². The summed E-state index contributed by atoms with van der Waals surface area (Å²) in [5.74, 6) is 0.310. The van der Waals surface area contributed by atoms with Crippen molar-refractivity contribution in [2.24, 2.45) is 13.0 Å². The molecule has 0 fully saturated rings. The molecule has 2 atom stereocenters. The van der Waals surface area contributed by atoms with Crippen LogP contribution in [0, 0.1) is 11.7 Å². The molecule has 25 heavy (non-hydrogen) atoms. The Balaban J connectivity index is 1.73. The summed E-state index contributed by atoms with van der Waals surface area (Å²) in [5, 5.41) is 11.1. The number of aromatic nitrogens is 2. The van der Waals surface area contributed by atoms with Crippen LogP contribution in [-0.4, -0.2) is 14.7 Å². The predicted octanol–water partition coefficient (Wildman–Crippen LogP) is 4.49. The van der Waals surface area contributed by atoms with Crippen molar-refractivity contribution in [1.29, 1.82) is 0 Å². The summed E-state index contributed by atoms with van der Waals surface area (Å²) >= 11 is 0. The second-order valence-electron chi connectivity index (χ2n) is 6.52. The van der Waals surface area contributed by atoms with Crippen LogP contribution in [0.3, 0.4) is 0 Å². The lowest BCUT2D eigenvalue weighted by Gasteiger charge is -2.24. The normalized spacial score (nSPS) is 19.6. The Morgan fingerprint density at radius 2 is 1.88 bits per heavy atom. The van der Waals surface area contributed by atoms with Gasteiger partial charge in [-0.05, 0) is 41.7 Å². The lowest BCUT2D eigenvalue weighted by molar-refractivity contribution is 0.457. The van der Waals surface area contributed by atoms with Gasteiger partial charge in [0, 0.05) is 30.7 Å². The Hall–Kier alpha value is -2.88. The van der Waals surface area contributed by atoms with E-state index in [9.17, 15) is 9.50 Å². The number of allylic oxidation sites excluding steroid dienone is 4. The van der Waals surface area contributed by atoms with Crippen molar-refractivity contribution in [3.63, 3.8) is 0 Å². The summed E-state index contributed by atoms with van der Waals surface area (Å²) in [6.07, 6.45) is 13.1. The van der Waals surface area contributed by atoms with Crippen LogP contribution in [0.1, 0.15) is 17.0 Å². The summed E-state index contributed by atoms with van der Waals surface area (Å²) < 4.78 is 15.1. The number of nitrogens with zero attached hydrogens (tertiary/aromatic N) is 2. The maximum absolute atomic E-state index is 13.2. The Morgan fingerprint density at radius 1 is 1.12 bits per heavy atom. The van der Waals surface area contributed by atoms with Gasteiger partial charge >= 0.3 is 0 Å².